The topological polar surface area (TPSA) is 47.6 Å². The van der Waals surface area contributed by atoms with Crippen molar-refractivity contribution in [3.63, 3.8) is 0 Å². The van der Waals surface area contributed by atoms with E-state index in [1.807, 2.05) is 6.92 Å². The van der Waals surface area contributed by atoms with Crippen LogP contribution in [-0.2, 0) is 0 Å². The summed E-state index contributed by atoms with van der Waals surface area (Å²) < 4.78 is 24.1. The van der Waals surface area contributed by atoms with Crippen LogP contribution in [0.25, 0.3) is 0 Å². The molecule has 0 spiro atoms. The highest BCUT2D eigenvalue weighted by molar-refractivity contribution is 6.04. The van der Waals surface area contributed by atoms with Crippen molar-refractivity contribution in [2.75, 3.05) is 19.0 Å². The van der Waals surface area contributed by atoms with Crippen LogP contribution in [0, 0.1) is 5.82 Å². The molecule has 1 N–H and O–H groups in total. The number of benzene rings is 2. The lowest BCUT2D eigenvalue weighted by molar-refractivity contribution is 0.102. The van der Waals surface area contributed by atoms with Crippen molar-refractivity contribution < 1.29 is 18.7 Å². The largest absolute Gasteiger partial charge is 0.493 e. The van der Waals surface area contributed by atoms with E-state index in [2.05, 4.69) is 5.32 Å². The van der Waals surface area contributed by atoms with Crippen LogP contribution in [0.4, 0.5) is 10.1 Å². The molecule has 0 radical (unpaired) electrons. The molecule has 0 aliphatic rings. The van der Waals surface area contributed by atoms with E-state index in [0.717, 1.165) is 0 Å². The van der Waals surface area contributed by atoms with Gasteiger partial charge in [-0.3, -0.25) is 4.79 Å². The molecule has 21 heavy (non-hydrogen) atoms. The maximum absolute atomic E-state index is 13.5. The van der Waals surface area contributed by atoms with E-state index in [1.54, 1.807) is 24.3 Å². The first kappa shape index (κ1) is 14.8. The number of ether oxygens (including phenoxy) is 2. The Morgan fingerprint density at radius 2 is 1.95 bits per heavy atom. The summed E-state index contributed by atoms with van der Waals surface area (Å²) in [5.41, 5.74) is 0.494. The van der Waals surface area contributed by atoms with Crippen LogP contribution >= 0.6 is 0 Å². The molecule has 2 aromatic carbocycles. The van der Waals surface area contributed by atoms with Gasteiger partial charge in [-0.25, -0.2) is 4.39 Å². The zero-order chi connectivity index (χ0) is 15.2. The average molecular weight is 289 g/mol. The van der Waals surface area contributed by atoms with Crippen LogP contribution in [0.1, 0.15) is 17.3 Å². The zero-order valence-electron chi connectivity index (χ0n) is 11.9. The van der Waals surface area contributed by atoms with Gasteiger partial charge in [0.2, 0.25) is 0 Å². The fourth-order valence-corrected chi connectivity index (χ4v) is 1.86. The Morgan fingerprint density at radius 1 is 1.19 bits per heavy atom. The molecule has 0 heterocycles. The highest BCUT2D eigenvalue weighted by Gasteiger charge is 2.12. The summed E-state index contributed by atoms with van der Waals surface area (Å²) in [7, 11) is 1.51. The van der Waals surface area contributed by atoms with Gasteiger partial charge in [0, 0.05) is 11.8 Å². The Morgan fingerprint density at radius 3 is 2.62 bits per heavy atom. The number of hydrogen-bond donors (Lipinski definition) is 1. The molecular formula is C16H16FNO3. The minimum atomic E-state index is -0.562. The minimum absolute atomic E-state index is 0.00893. The van der Waals surface area contributed by atoms with Gasteiger partial charge < -0.3 is 14.8 Å². The van der Waals surface area contributed by atoms with Gasteiger partial charge in [-0.05, 0) is 31.2 Å². The van der Waals surface area contributed by atoms with Crippen LogP contribution < -0.4 is 14.8 Å². The summed E-state index contributed by atoms with van der Waals surface area (Å²) in [4.78, 5) is 12.0. The number of nitrogens with one attached hydrogen (secondary N) is 1. The second-order valence-electron chi connectivity index (χ2n) is 4.23. The Hall–Kier alpha value is -2.56. The number of halogens is 1. The maximum Gasteiger partial charge on any atom is 0.258 e. The van der Waals surface area contributed by atoms with Crippen molar-refractivity contribution in [1.82, 2.24) is 0 Å². The van der Waals surface area contributed by atoms with Crippen molar-refractivity contribution in [3.05, 3.63) is 53.8 Å². The molecule has 2 aromatic rings. The molecular weight excluding hydrogens is 273 g/mol. The van der Waals surface area contributed by atoms with Crippen molar-refractivity contribution in [2.24, 2.45) is 0 Å². The average Bonchev–Trinajstić information content (AvgIpc) is 2.49. The van der Waals surface area contributed by atoms with Crippen LogP contribution in [0.15, 0.2) is 42.5 Å². The first-order chi connectivity index (χ1) is 10.2. The number of amides is 1. The van der Waals surface area contributed by atoms with Gasteiger partial charge in [-0.15, -0.1) is 0 Å². The first-order valence-electron chi connectivity index (χ1n) is 6.52. The lowest BCUT2D eigenvalue weighted by atomic mass is 10.2. The SMILES string of the molecule is CCOc1ccc(NC(=O)c2ccccc2F)cc1OC. The zero-order valence-corrected chi connectivity index (χ0v) is 11.9. The molecule has 0 aromatic heterocycles. The highest BCUT2D eigenvalue weighted by atomic mass is 19.1. The van der Waals surface area contributed by atoms with Crippen molar-refractivity contribution >= 4 is 11.6 Å². The third-order valence-corrected chi connectivity index (χ3v) is 2.84. The van der Waals surface area contributed by atoms with E-state index < -0.39 is 11.7 Å². The Balaban J connectivity index is 2.20. The number of carbonyl (C=O) groups is 1. The van der Waals surface area contributed by atoms with E-state index in [1.165, 1.54) is 25.3 Å². The molecule has 110 valence electrons. The summed E-state index contributed by atoms with van der Waals surface area (Å²) in [5, 5.41) is 2.63. The molecule has 0 atom stereocenters. The summed E-state index contributed by atoms with van der Waals surface area (Å²) in [6.45, 7) is 2.38. The summed E-state index contributed by atoms with van der Waals surface area (Å²) in [5.74, 6) is 0.0132. The number of rotatable bonds is 5. The van der Waals surface area contributed by atoms with Crippen LogP contribution in [0.5, 0.6) is 11.5 Å². The Bertz CT molecular complexity index is 643. The highest BCUT2D eigenvalue weighted by Crippen LogP contribution is 2.30. The van der Waals surface area contributed by atoms with E-state index in [0.29, 0.717) is 23.8 Å². The molecule has 2 rings (SSSR count). The quantitative estimate of drug-likeness (QED) is 0.916. The Labute approximate surface area is 122 Å². The lowest BCUT2D eigenvalue weighted by Gasteiger charge is -2.12. The first-order valence-corrected chi connectivity index (χ1v) is 6.52. The number of carbonyl (C=O) groups excluding carboxylic acids is 1. The second kappa shape index (κ2) is 6.74. The van der Waals surface area contributed by atoms with Crippen LogP contribution in [0.3, 0.4) is 0 Å². The van der Waals surface area contributed by atoms with Gasteiger partial charge in [-0.2, -0.15) is 0 Å². The third kappa shape index (κ3) is 3.51. The monoisotopic (exact) mass is 289 g/mol. The molecule has 0 aliphatic carbocycles. The van der Waals surface area contributed by atoms with E-state index in [9.17, 15) is 9.18 Å². The molecule has 0 saturated carbocycles. The molecule has 4 nitrogen and oxygen atoms in total. The van der Waals surface area contributed by atoms with E-state index in [4.69, 9.17) is 9.47 Å². The number of anilines is 1. The lowest BCUT2D eigenvalue weighted by Crippen LogP contribution is -2.13. The molecule has 5 heteroatoms. The summed E-state index contributed by atoms with van der Waals surface area (Å²) in [6, 6.07) is 10.8. The van der Waals surface area contributed by atoms with Gasteiger partial charge in [0.25, 0.3) is 5.91 Å². The Kier molecular flexibility index (Phi) is 4.77. The van der Waals surface area contributed by atoms with Crippen molar-refractivity contribution in [1.29, 1.82) is 0 Å². The molecule has 0 fully saturated rings. The molecule has 0 aliphatic heterocycles. The molecule has 0 unspecified atom stereocenters. The smallest absolute Gasteiger partial charge is 0.258 e. The minimum Gasteiger partial charge on any atom is -0.493 e. The number of hydrogen-bond acceptors (Lipinski definition) is 3. The normalized spacial score (nSPS) is 10.0. The standard InChI is InChI=1S/C16H16FNO3/c1-3-21-14-9-8-11(10-15(14)20-2)18-16(19)12-6-4-5-7-13(12)17/h4-10H,3H2,1-2H3,(H,18,19). The summed E-state index contributed by atoms with van der Waals surface area (Å²) in [6.07, 6.45) is 0. The van der Waals surface area contributed by atoms with Crippen molar-refractivity contribution in [2.45, 2.75) is 6.92 Å². The second-order valence-corrected chi connectivity index (χ2v) is 4.23. The summed E-state index contributed by atoms with van der Waals surface area (Å²) >= 11 is 0. The predicted octanol–water partition coefficient (Wildman–Crippen LogP) is 3.49. The van der Waals surface area contributed by atoms with Gasteiger partial charge >= 0.3 is 0 Å². The molecule has 1 amide bonds. The van der Waals surface area contributed by atoms with E-state index in [-0.39, 0.29) is 5.56 Å². The molecule has 0 bridgehead atoms. The maximum atomic E-state index is 13.5. The van der Waals surface area contributed by atoms with Crippen LogP contribution in [-0.4, -0.2) is 19.6 Å². The van der Waals surface area contributed by atoms with Crippen LogP contribution in [0.2, 0.25) is 0 Å². The van der Waals surface area contributed by atoms with Crippen molar-refractivity contribution in [3.8, 4) is 11.5 Å². The third-order valence-electron chi connectivity index (χ3n) is 2.84. The van der Waals surface area contributed by atoms with Gasteiger partial charge in [0.05, 0.1) is 19.3 Å². The number of methoxy groups -OCH3 is 1. The predicted molar refractivity (Wildman–Crippen MR) is 78.5 cm³/mol. The van der Waals surface area contributed by atoms with Gasteiger partial charge in [0.15, 0.2) is 11.5 Å². The van der Waals surface area contributed by atoms with E-state index >= 15 is 0 Å². The fourth-order valence-electron chi connectivity index (χ4n) is 1.86. The van der Waals surface area contributed by atoms with Gasteiger partial charge in [-0.1, -0.05) is 12.1 Å². The molecule has 0 saturated heterocycles. The van der Waals surface area contributed by atoms with Gasteiger partial charge in [0.1, 0.15) is 5.82 Å². The fraction of sp³-hybridized carbons (Fsp3) is 0.188.